The van der Waals surface area contributed by atoms with Gasteiger partial charge in [-0.3, -0.25) is 0 Å². The Bertz CT molecular complexity index is 436. The van der Waals surface area contributed by atoms with E-state index < -0.39 is 11.7 Å². The molecule has 0 amide bonds. The first-order valence-electron chi connectivity index (χ1n) is 3.84. The molecule has 0 atom stereocenters. The fourth-order valence-corrected chi connectivity index (χ4v) is 2.06. The molecule has 0 aliphatic carbocycles. The maximum atomic E-state index is 12.7. The van der Waals surface area contributed by atoms with Crippen molar-refractivity contribution in [2.45, 2.75) is 6.18 Å². The third kappa shape index (κ3) is 3.23. The molecule has 0 fully saturated rings. The van der Waals surface area contributed by atoms with Crippen LogP contribution in [0, 0.1) is 0 Å². The molecule has 0 aromatic heterocycles. The van der Waals surface area contributed by atoms with E-state index >= 15 is 0 Å². The first-order valence-corrected chi connectivity index (χ1v) is 5.42. The Hall–Kier alpha value is -0.530. The molecule has 0 heterocycles. The Kier molecular flexibility index (Phi) is 4.03. The maximum Gasteiger partial charge on any atom is 0.418 e. The van der Waals surface area contributed by atoms with E-state index in [0.717, 1.165) is 6.07 Å². The smallest absolute Gasteiger partial charge is 0.376 e. The van der Waals surface area contributed by atoms with Gasteiger partial charge in [-0.05, 0) is 40.3 Å². The monoisotopic (exact) mass is 332 g/mol. The summed E-state index contributed by atoms with van der Waals surface area (Å²) < 4.78 is 38.1. The summed E-state index contributed by atoms with van der Waals surface area (Å²) in [4.78, 5) is 0. The minimum atomic E-state index is -4.54. The van der Waals surface area contributed by atoms with E-state index in [-0.39, 0.29) is 20.3 Å². The summed E-state index contributed by atoms with van der Waals surface area (Å²) in [5.74, 6) is 0. The predicted molar refractivity (Wildman–Crippen MR) is 64.6 cm³/mol. The Morgan fingerprint density at radius 2 is 2.00 bits per heavy atom. The summed E-state index contributed by atoms with van der Waals surface area (Å²) in [6.45, 7) is 0. The average Bonchev–Trinajstić information content (AvgIpc) is 2.06. The number of benzene rings is 1. The molecular formula is C8H5BrClF3N2S. The molecule has 0 radical (unpaired) electrons. The van der Waals surface area contributed by atoms with Gasteiger partial charge >= 0.3 is 6.18 Å². The highest BCUT2D eigenvalue weighted by Crippen LogP contribution is 2.40. The van der Waals surface area contributed by atoms with Crippen molar-refractivity contribution >= 4 is 50.5 Å². The normalized spacial score (nSPS) is 11.3. The summed E-state index contributed by atoms with van der Waals surface area (Å²) in [5.41, 5.74) is 3.97. The van der Waals surface area contributed by atoms with E-state index in [1.165, 1.54) is 6.07 Å². The van der Waals surface area contributed by atoms with Gasteiger partial charge in [-0.1, -0.05) is 11.6 Å². The van der Waals surface area contributed by atoms with E-state index in [0.29, 0.717) is 0 Å². The van der Waals surface area contributed by atoms with Crippen molar-refractivity contribution in [1.82, 2.24) is 0 Å². The molecule has 0 saturated carbocycles. The van der Waals surface area contributed by atoms with Crippen LogP contribution in [0.2, 0.25) is 5.02 Å². The van der Waals surface area contributed by atoms with E-state index in [1.807, 2.05) is 0 Å². The predicted octanol–water partition coefficient (Wildman–Crippen LogP) is 3.78. The fraction of sp³-hybridized carbons (Fsp3) is 0.125. The number of nitrogens with two attached hydrogens (primary N) is 1. The van der Waals surface area contributed by atoms with E-state index in [1.54, 1.807) is 0 Å². The van der Waals surface area contributed by atoms with Gasteiger partial charge in [-0.2, -0.15) is 13.2 Å². The molecule has 0 bridgehead atoms. The van der Waals surface area contributed by atoms with Crippen LogP contribution >= 0.6 is 39.7 Å². The highest BCUT2D eigenvalue weighted by atomic mass is 79.9. The Morgan fingerprint density at radius 3 is 2.44 bits per heavy atom. The van der Waals surface area contributed by atoms with Crippen molar-refractivity contribution < 1.29 is 13.2 Å². The number of alkyl halides is 3. The van der Waals surface area contributed by atoms with Crippen molar-refractivity contribution in [3.05, 3.63) is 27.2 Å². The molecule has 8 heteroatoms. The van der Waals surface area contributed by atoms with Crippen LogP contribution in [0.25, 0.3) is 0 Å². The van der Waals surface area contributed by atoms with Crippen LogP contribution in [0.5, 0.6) is 0 Å². The van der Waals surface area contributed by atoms with Gasteiger partial charge in [-0.15, -0.1) is 0 Å². The zero-order chi connectivity index (χ0) is 12.5. The van der Waals surface area contributed by atoms with Gasteiger partial charge in [0.05, 0.1) is 11.3 Å². The maximum absolute atomic E-state index is 12.7. The van der Waals surface area contributed by atoms with Gasteiger partial charge in [-0.25, -0.2) is 0 Å². The molecule has 3 N–H and O–H groups in total. The molecular weight excluding hydrogens is 329 g/mol. The van der Waals surface area contributed by atoms with Gasteiger partial charge in [0.15, 0.2) is 5.11 Å². The summed E-state index contributed by atoms with van der Waals surface area (Å²) in [7, 11) is 0. The summed E-state index contributed by atoms with van der Waals surface area (Å²) >= 11 is 13.0. The fourth-order valence-electron chi connectivity index (χ4n) is 1.05. The molecule has 0 aliphatic heterocycles. The van der Waals surface area contributed by atoms with Crippen LogP contribution in [-0.2, 0) is 6.18 Å². The summed E-state index contributed by atoms with van der Waals surface area (Å²) in [6.07, 6.45) is -4.54. The third-order valence-corrected chi connectivity index (χ3v) is 2.55. The second kappa shape index (κ2) is 4.77. The summed E-state index contributed by atoms with van der Waals surface area (Å²) in [6, 6.07) is 2.12. The first kappa shape index (κ1) is 13.5. The molecule has 1 aromatic rings. The van der Waals surface area contributed by atoms with Gasteiger partial charge in [0, 0.05) is 9.50 Å². The van der Waals surface area contributed by atoms with Crippen LogP contribution in [0.15, 0.2) is 16.6 Å². The van der Waals surface area contributed by atoms with Gasteiger partial charge in [0.1, 0.15) is 0 Å². The molecule has 0 saturated heterocycles. The highest BCUT2D eigenvalue weighted by Gasteiger charge is 2.35. The molecule has 1 aromatic carbocycles. The first-order chi connectivity index (χ1) is 7.21. The summed E-state index contributed by atoms with van der Waals surface area (Å²) in [5, 5.41) is 1.97. The van der Waals surface area contributed by atoms with Crippen molar-refractivity contribution in [3.8, 4) is 0 Å². The highest BCUT2D eigenvalue weighted by molar-refractivity contribution is 9.10. The lowest BCUT2D eigenvalue weighted by molar-refractivity contribution is -0.136. The number of hydrogen-bond acceptors (Lipinski definition) is 1. The number of hydrogen-bond donors (Lipinski definition) is 2. The zero-order valence-electron chi connectivity index (χ0n) is 7.53. The van der Waals surface area contributed by atoms with Crippen LogP contribution < -0.4 is 11.1 Å². The molecule has 0 unspecified atom stereocenters. The molecule has 0 aliphatic rings. The number of rotatable bonds is 1. The number of nitrogens with one attached hydrogen (secondary N) is 1. The SMILES string of the molecule is NC(=S)Nc1c(Br)cc(Cl)cc1C(F)(F)F. The van der Waals surface area contributed by atoms with Crippen molar-refractivity contribution in [3.63, 3.8) is 0 Å². The standard InChI is InChI=1S/C8H5BrClF3N2S/c9-5-2-3(10)1-4(8(11,12)13)6(5)15-7(14)16/h1-2H,(H3,14,15,16). The minimum absolute atomic E-state index is 0.0345. The van der Waals surface area contributed by atoms with Crippen molar-refractivity contribution in [2.24, 2.45) is 5.73 Å². The number of halogens is 5. The lowest BCUT2D eigenvalue weighted by Crippen LogP contribution is -2.22. The largest absolute Gasteiger partial charge is 0.418 e. The molecule has 88 valence electrons. The lowest BCUT2D eigenvalue weighted by atomic mass is 10.1. The average molecular weight is 334 g/mol. The molecule has 1 rings (SSSR count). The van der Waals surface area contributed by atoms with Crippen LogP contribution in [0.4, 0.5) is 18.9 Å². The number of anilines is 1. The van der Waals surface area contributed by atoms with E-state index in [2.05, 4.69) is 33.5 Å². The zero-order valence-corrected chi connectivity index (χ0v) is 10.7. The third-order valence-electron chi connectivity index (χ3n) is 1.61. The van der Waals surface area contributed by atoms with Crippen LogP contribution in [0.3, 0.4) is 0 Å². The Labute approximate surface area is 108 Å². The van der Waals surface area contributed by atoms with E-state index in [4.69, 9.17) is 17.3 Å². The van der Waals surface area contributed by atoms with Crippen LogP contribution in [0.1, 0.15) is 5.56 Å². The van der Waals surface area contributed by atoms with Crippen molar-refractivity contribution in [1.29, 1.82) is 0 Å². The molecule has 0 spiro atoms. The topological polar surface area (TPSA) is 38.0 Å². The Morgan fingerprint density at radius 1 is 1.44 bits per heavy atom. The second-order valence-electron chi connectivity index (χ2n) is 2.80. The van der Waals surface area contributed by atoms with Gasteiger partial charge in [0.2, 0.25) is 0 Å². The van der Waals surface area contributed by atoms with Gasteiger partial charge < -0.3 is 11.1 Å². The molecule has 2 nitrogen and oxygen atoms in total. The number of thiocarbonyl (C=S) groups is 1. The van der Waals surface area contributed by atoms with Crippen molar-refractivity contribution in [2.75, 3.05) is 5.32 Å². The van der Waals surface area contributed by atoms with Gasteiger partial charge in [0.25, 0.3) is 0 Å². The Balaban J connectivity index is 3.38. The second-order valence-corrected chi connectivity index (χ2v) is 4.53. The lowest BCUT2D eigenvalue weighted by Gasteiger charge is -2.15. The minimum Gasteiger partial charge on any atom is -0.376 e. The quantitative estimate of drug-likeness (QED) is 0.768. The van der Waals surface area contributed by atoms with Crippen LogP contribution in [-0.4, -0.2) is 5.11 Å². The molecule has 16 heavy (non-hydrogen) atoms. The van der Waals surface area contributed by atoms with E-state index in [9.17, 15) is 13.2 Å².